The zero-order valence-electron chi connectivity index (χ0n) is 11.6. The second kappa shape index (κ2) is 10.2. The van der Waals surface area contributed by atoms with Crippen molar-refractivity contribution in [3.63, 3.8) is 0 Å². The van der Waals surface area contributed by atoms with Crippen LogP contribution in [0.25, 0.3) is 0 Å². The third-order valence-corrected chi connectivity index (χ3v) is 4.32. The first kappa shape index (κ1) is 18.4. The first-order chi connectivity index (χ1) is 9.74. The van der Waals surface area contributed by atoms with E-state index in [1.165, 1.54) is 0 Å². The van der Waals surface area contributed by atoms with Gasteiger partial charge in [-0.1, -0.05) is 11.6 Å². The van der Waals surface area contributed by atoms with Crippen molar-refractivity contribution >= 4 is 41.7 Å². The molecule has 7 heteroatoms. The largest absolute Gasteiger partial charge is 0.492 e. The minimum atomic E-state index is 0. The van der Waals surface area contributed by atoms with E-state index in [9.17, 15) is 4.79 Å². The monoisotopic (exact) mass is 350 g/mol. The van der Waals surface area contributed by atoms with Crippen molar-refractivity contribution in [2.24, 2.45) is 0 Å². The molecule has 0 spiro atoms. The van der Waals surface area contributed by atoms with E-state index in [0.29, 0.717) is 30.6 Å². The number of carbonyl (C=O) groups excluding carboxylic acids is 1. The van der Waals surface area contributed by atoms with Crippen LogP contribution in [0.15, 0.2) is 24.3 Å². The normalized spacial score (nSPS) is 17.7. The zero-order valence-corrected chi connectivity index (χ0v) is 14.0. The topological polar surface area (TPSA) is 50.4 Å². The molecule has 118 valence electrons. The lowest BCUT2D eigenvalue weighted by molar-refractivity contribution is -0.121. The van der Waals surface area contributed by atoms with Gasteiger partial charge < -0.3 is 15.4 Å². The molecule has 1 aliphatic rings. The lowest BCUT2D eigenvalue weighted by atomic mass is 10.2. The van der Waals surface area contributed by atoms with Gasteiger partial charge in [-0.3, -0.25) is 4.79 Å². The van der Waals surface area contributed by atoms with Gasteiger partial charge in [0.1, 0.15) is 12.4 Å². The summed E-state index contributed by atoms with van der Waals surface area (Å²) in [4.78, 5) is 11.7. The van der Waals surface area contributed by atoms with Gasteiger partial charge in [0.25, 0.3) is 0 Å². The quantitative estimate of drug-likeness (QED) is 0.773. The Morgan fingerprint density at radius 1 is 1.43 bits per heavy atom. The molecule has 2 N–H and O–H groups in total. The van der Waals surface area contributed by atoms with Gasteiger partial charge >= 0.3 is 0 Å². The Labute approximate surface area is 140 Å². The van der Waals surface area contributed by atoms with Crippen molar-refractivity contribution in [1.29, 1.82) is 0 Å². The molecular formula is C14H20Cl2N2O2S. The maximum absolute atomic E-state index is 11.7. The lowest BCUT2D eigenvalue weighted by Gasteiger charge is -2.22. The van der Waals surface area contributed by atoms with Crippen molar-refractivity contribution in [3.05, 3.63) is 29.3 Å². The number of carbonyl (C=O) groups is 1. The van der Waals surface area contributed by atoms with Gasteiger partial charge in [-0.05, 0) is 24.3 Å². The molecule has 1 saturated heterocycles. The van der Waals surface area contributed by atoms with E-state index in [4.69, 9.17) is 16.3 Å². The number of hydrogen-bond donors (Lipinski definition) is 2. The fraction of sp³-hybridized carbons (Fsp3) is 0.500. The Morgan fingerprint density at radius 3 is 2.86 bits per heavy atom. The predicted molar refractivity (Wildman–Crippen MR) is 90.9 cm³/mol. The summed E-state index contributed by atoms with van der Waals surface area (Å²) in [5.41, 5.74) is 0. The van der Waals surface area contributed by atoms with E-state index in [1.54, 1.807) is 12.1 Å². The molecule has 1 aliphatic heterocycles. The molecule has 1 fully saturated rings. The van der Waals surface area contributed by atoms with Crippen LogP contribution < -0.4 is 15.4 Å². The third kappa shape index (κ3) is 7.27. The van der Waals surface area contributed by atoms with Gasteiger partial charge in [0.05, 0.1) is 6.54 Å². The number of thioether (sulfide) groups is 1. The molecule has 1 unspecified atom stereocenters. The van der Waals surface area contributed by atoms with Gasteiger partial charge in [-0.2, -0.15) is 11.8 Å². The van der Waals surface area contributed by atoms with E-state index in [0.717, 1.165) is 23.8 Å². The van der Waals surface area contributed by atoms with Crippen LogP contribution in [0.2, 0.25) is 5.02 Å². The van der Waals surface area contributed by atoms with Crippen LogP contribution in [0.4, 0.5) is 0 Å². The van der Waals surface area contributed by atoms with Crippen LogP contribution >= 0.6 is 35.8 Å². The molecule has 0 aromatic heterocycles. The van der Waals surface area contributed by atoms with Crippen molar-refractivity contribution in [2.45, 2.75) is 12.5 Å². The van der Waals surface area contributed by atoms with Crippen molar-refractivity contribution in [2.75, 3.05) is 31.2 Å². The predicted octanol–water partition coefficient (Wildman–Crippen LogP) is 2.35. The summed E-state index contributed by atoms with van der Waals surface area (Å²) in [5.74, 6) is 2.97. The standard InChI is InChI=1S/C14H19ClN2O2S.ClH/c15-11-1-3-13(4-2-11)19-7-5-17-14(18)9-12-10-20-8-6-16-12;/h1-4,12,16H,5-10H2,(H,17,18);1H. The Balaban J connectivity index is 0.00000220. The van der Waals surface area contributed by atoms with Crippen LogP contribution in [-0.2, 0) is 4.79 Å². The molecule has 1 aromatic rings. The number of rotatable bonds is 6. The SMILES string of the molecule is Cl.O=C(CC1CSCCN1)NCCOc1ccc(Cl)cc1. The Bertz CT molecular complexity index is 425. The summed E-state index contributed by atoms with van der Waals surface area (Å²) in [6, 6.07) is 7.48. The maximum Gasteiger partial charge on any atom is 0.221 e. The summed E-state index contributed by atoms with van der Waals surface area (Å²) < 4.78 is 5.51. The average molecular weight is 351 g/mol. The summed E-state index contributed by atoms with van der Waals surface area (Å²) in [6.45, 7) is 1.96. The van der Waals surface area contributed by atoms with Crippen LogP contribution in [-0.4, -0.2) is 43.2 Å². The van der Waals surface area contributed by atoms with Gasteiger partial charge in [0, 0.05) is 35.5 Å². The van der Waals surface area contributed by atoms with E-state index in [-0.39, 0.29) is 18.3 Å². The average Bonchev–Trinajstić information content (AvgIpc) is 2.46. The molecule has 4 nitrogen and oxygen atoms in total. The second-order valence-electron chi connectivity index (χ2n) is 4.58. The Hall–Kier alpha value is -0.620. The van der Waals surface area contributed by atoms with E-state index in [1.807, 2.05) is 23.9 Å². The zero-order chi connectivity index (χ0) is 14.2. The first-order valence-electron chi connectivity index (χ1n) is 6.70. The highest BCUT2D eigenvalue weighted by Crippen LogP contribution is 2.15. The van der Waals surface area contributed by atoms with Crippen LogP contribution in [0, 0.1) is 0 Å². The molecule has 2 rings (SSSR count). The second-order valence-corrected chi connectivity index (χ2v) is 6.17. The maximum atomic E-state index is 11.7. The summed E-state index contributed by atoms with van der Waals surface area (Å²) in [7, 11) is 0. The lowest BCUT2D eigenvalue weighted by Crippen LogP contribution is -2.41. The van der Waals surface area contributed by atoms with E-state index < -0.39 is 0 Å². The first-order valence-corrected chi connectivity index (χ1v) is 8.23. The third-order valence-electron chi connectivity index (χ3n) is 2.94. The molecule has 21 heavy (non-hydrogen) atoms. The van der Waals surface area contributed by atoms with Crippen molar-refractivity contribution in [3.8, 4) is 5.75 Å². The summed E-state index contributed by atoms with van der Waals surface area (Å²) in [6.07, 6.45) is 0.536. The summed E-state index contributed by atoms with van der Waals surface area (Å²) in [5, 5.41) is 6.90. The Kier molecular flexibility index (Phi) is 8.92. The number of ether oxygens (including phenoxy) is 1. The van der Waals surface area contributed by atoms with Crippen LogP contribution in [0.1, 0.15) is 6.42 Å². The molecule has 0 radical (unpaired) electrons. The van der Waals surface area contributed by atoms with Crippen LogP contribution in [0.3, 0.4) is 0 Å². The summed E-state index contributed by atoms with van der Waals surface area (Å²) >= 11 is 7.68. The molecule has 0 saturated carbocycles. The van der Waals surface area contributed by atoms with Gasteiger partial charge in [0.15, 0.2) is 0 Å². The molecule has 0 bridgehead atoms. The molecule has 1 amide bonds. The molecule has 1 atom stereocenters. The molecule has 1 aromatic carbocycles. The number of hydrogen-bond acceptors (Lipinski definition) is 4. The Morgan fingerprint density at radius 2 is 2.19 bits per heavy atom. The van der Waals surface area contributed by atoms with Gasteiger partial charge in [0.2, 0.25) is 5.91 Å². The fourth-order valence-corrected chi connectivity index (χ4v) is 3.01. The minimum Gasteiger partial charge on any atom is -0.492 e. The van der Waals surface area contributed by atoms with Crippen molar-refractivity contribution in [1.82, 2.24) is 10.6 Å². The molecule has 1 heterocycles. The van der Waals surface area contributed by atoms with E-state index >= 15 is 0 Å². The molecule has 0 aliphatic carbocycles. The highest BCUT2D eigenvalue weighted by atomic mass is 35.5. The fourth-order valence-electron chi connectivity index (χ4n) is 1.94. The van der Waals surface area contributed by atoms with Gasteiger partial charge in [-0.15, -0.1) is 12.4 Å². The minimum absolute atomic E-state index is 0. The smallest absolute Gasteiger partial charge is 0.221 e. The van der Waals surface area contributed by atoms with Crippen LogP contribution in [0.5, 0.6) is 5.75 Å². The van der Waals surface area contributed by atoms with Crippen molar-refractivity contribution < 1.29 is 9.53 Å². The highest BCUT2D eigenvalue weighted by Gasteiger charge is 2.16. The number of halogens is 2. The highest BCUT2D eigenvalue weighted by molar-refractivity contribution is 7.99. The van der Waals surface area contributed by atoms with E-state index in [2.05, 4.69) is 10.6 Å². The number of nitrogens with one attached hydrogen (secondary N) is 2. The van der Waals surface area contributed by atoms with Gasteiger partial charge in [-0.25, -0.2) is 0 Å². The number of benzene rings is 1. The molecular weight excluding hydrogens is 331 g/mol. The number of amides is 1.